The molecule has 0 unspecified atom stereocenters. The van der Waals surface area contributed by atoms with Crippen molar-refractivity contribution in [3.8, 4) is 0 Å². The summed E-state index contributed by atoms with van der Waals surface area (Å²) in [5.41, 5.74) is 0. The van der Waals surface area contributed by atoms with Crippen LogP contribution in [-0.2, 0) is 14.2 Å². The standard InChI is InChI=1S/3C4H10O3/c3*5-1-3-7-4-2-6/h3*5-6H,1-4H2. The van der Waals surface area contributed by atoms with Gasteiger partial charge in [0.05, 0.1) is 79.3 Å². The van der Waals surface area contributed by atoms with E-state index in [2.05, 4.69) is 14.2 Å². The average Bonchev–Trinajstić information content (AvgIpc) is 2.50. The van der Waals surface area contributed by atoms with Crippen LogP contribution in [0, 0.1) is 0 Å². The predicted molar refractivity (Wildman–Crippen MR) is 75.0 cm³/mol. The largest absolute Gasteiger partial charge is 0.394 e. The molecule has 0 aromatic carbocycles. The summed E-state index contributed by atoms with van der Waals surface area (Å²) >= 11 is 0. The van der Waals surface area contributed by atoms with Crippen molar-refractivity contribution in [2.24, 2.45) is 0 Å². The van der Waals surface area contributed by atoms with Gasteiger partial charge in [0.25, 0.3) is 0 Å². The second-order valence-electron chi connectivity index (χ2n) is 3.18. The van der Waals surface area contributed by atoms with E-state index in [-0.39, 0.29) is 39.6 Å². The molecule has 0 spiro atoms. The van der Waals surface area contributed by atoms with Crippen molar-refractivity contribution >= 4 is 0 Å². The van der Waals surface area contributed by atoms with Crippen LogP contribution in [0.5, 0.6) is 0 Å². The zero-order valence-corrected chi connectivity index (χ0v) is 12.4. The lowest BCUT2D eigenvalue weighted by Crippen LogP contribution is -2.03. The van der Waals surface area contributed by atoms with Crippen molar-refractivity contribution < 1.29 is 44.8 Å². The van der Waals surface area contributed by atoms with Crippen LogP contribution >= 0.6 is 0 Å². The van der Waals surface area contributed by atoms with E-state index < -0.39 is 0 Å². The highest BCUT2D eigenvalue weighted by Gasteiger charge is 1.80. The van der Waals surface area contributed by atoms with E-state index in [1.165, 1.54) is 0 Å². The third kappa shape index (κ3) is 45.1. The van der Waals surface area contributed by atoms with E-state index in [1.54, 1.807) is 0 Å². The van der Waals surface area contributed by atoms with Crippen molar-refractivity contribution in [3.05, 3.63) is 0 Å². The van der Waals surface area contributed by atoms with Crippen molar-refractivity contribution in [1.82, 2.24) is 0 Å². The number of ether oxygens (including phenoxy) is 3. The summed E-state index contributed by atoms with van der Waals surface area (Å²) in [6.45, 7) is 2.09. The Labute approximate surface area is 125 Å². The molecule has 0 heterocycles. The summed E-state index contributed by atoms with van der Waals surface area (Å²) in [7, 11) is 0. The molecule has 0 aliphatic heterocycles. The fraction of sp³-hybridized carbons (Fsp3) is 1.00. The Kier molecular flexibility index (Phi) is 38.8. The lowest BCUT2D eigenvalue weighted by molar-refractivity contribution is 0.0649. The minimum atomic E-state index is 0.0278. The Morgan fingerprint density at radius 1 is 0.333 bits per heavy atom. The highest BCUT2D eigenvalue weighted by molar-refractivity contribution is 4.25. The zero-order valence-electron chi connectivity index (χ0n) is 12.4. The molecule has 0 aliphatic carbocycles. The fourth-order valence-electron chi connectivity index (χ4n) is 0.693. The molecule has 132 valence electrons. The molecule has 0 saturated carbocycles. The Morgan fingerprint density at radius 2 is 0.476 bits per heavy atom. The first-order valence-electron chi connectivity index (χ1n) is 6.63. The molecule has 0 fully saturated rings. The number of hydrogen-bond acceptors (Lipinski definition) is 9. The third-order valence-electron chi connectivity index (χ3n) is 1.41. The zero-order chi connectivity index (χ0) is 16.6. The summed E-state index contributed by atoms with van der Waals surface area (Å²) in [5, 5.41) is 48.5. The number of aliphatic hydroxyl groups excluding tert-OH is 6. The monoisotopic (exact) mass is 318 g/mol. The van der Waals surface area contributed by atoms with Crippen molar-refractivity contribution in [2.75, 3.05) is 79.3 Å². The Hall–Kier alpha value is -0.360. The molecule has 0 saturated heterocycles. The van der Waals surface area contributed by atoms with Gasteiger partial charge in [-0.1, -0.05) is 0 Å². The van der Waals surface area contributed by atoms with Crippen LogP contribution in [0.1, 0.15) is 0 Å². The maximum atomic E-state index is 8.09. The maximum Gasteiger partial charge on any atom is 0.0698 e. The van der Waals surface area contributed by atoms with Gasteiger partial charge in [0.1, 0.15) is 0 Å². The second kappa shape index (κ2) is 31.8. The Morgan fingerprint density at radius 3 is 0.571 bits per heavy atom. The summed E-state index contributed by atoms with van der Waals surface area (Å²) in [6, 6.07) is 0. The van der Waals surface area contributed by atoms with Gasteiger partial charge in [0.15, 0.2) is 0 Å². The van der Waals surface area contributed by atoms with E-state index in [0.29, 0.717) is 39.6 Å². The number of hydrogen-bond donors (Lipinski definition) is 6. The lowest BCUT2D eigenvalue weighted by Gasteiger charge is -1.94. The first kappa shape index (κ1) is 25.6. The smallest absolute Gasteiger partial charge is 0.0698 e. The third-order valence-corrected chi connectivity index (χ3v) is 1.41. The van der Waals surface area contributed by atoms with E-state index in [4.69, 9.17) is 30.6 Å². The van der Waals surface area contributed by atoms with Gasteiger partial charge in [-0.15, -0.1) is 0 Å². The quantitative estimate of drug-likeness (QED) is 0.206. The molecular formula is C12H30O9. The van der Waals surface area contributed by atoms with Crippen molar-refractivity contribution in [3.63, 3.8) is 0 Å². The minimum Gasteiger partial charge on any atom is -0.394 e. The van der Waals surface area contributed by atoms with Crippen LogP contribution in [0.4, 0.5) is 0 Å². The van der Waals surface area contributed by atoms with Crippen LogP contribution in [0.3, 0.4) is 0 Å². The van der Waals surface area contributed by atoms with E-state index >= 15 is 0 Å². The Bertz CT molecular complexity index is 102. The molecular weight excluding hydrogens is 288 g/mol. The summed E-state index contributed by atoms with van der Waals surface area (Å²) in [4.78, 5) is 0. The van der Waals surface area contributed by atoms with E-state index in [1.807, 2.05) is 0 Å². The van der Waals surface area contributed by atoms with Gasteiger partial charge in [-0.2, -0.15) is 0 Å². The van der Waals surface area contributed by atoms with Gasteiger partial charge in [-0.3, -0.25) is 0 Å². The molecule has 0 aromatic rings. The molecule has 0 aromatic heterocycles. The minimum absolute atomic E-state index is 0.0278. The molecule has 6 N–H and O–H groups in total. The molecule has 9 nitrogen and oxygen atoms in total. The van der Waals surface area contributed by atoms with Crippen LogP contribution in [0.15, 0.2) is 0 Å². The molecule has 9 heteroatoms. The van der Waals surface area contributed by atoms with Gasteiger partial charge in [-0.25, -0.2) is 0 Å². The first-order chi connectivity index (χ1) is 10.2. The second-order valence-corrected chi connectivity index (χ2v) is 3.18. The summed E-state index contributed by atoms with van der Waals surface area (Å²) < 4.78 is 13.9. The molecule has 0 aliphatic rings. The van der Waals surface area contributed by atoms with Gasteiger partial charge in [0.2, 0.25) is 0 Å². The van der Waals surface area contributed by atoms with Gasteiger partial charge >= 0.3 is 0 Å². The highest BCUT2D eigenvalue weighted by atomic mass is 16.5. The van der Waals surface area contributed by atoms with Gasteiger partial charge in [-0.05, 0) is 0 Å². The molecule has 0 bridgehead atoms. The van der Waals surface area contributed by atoms with Crippen LogP contribution in [0.2, 0.25) is 0 Å². The van der Waals surface area contributed by atoms with Crippen LogP contribution in [0.25, 0.3) is 0 Å². The fourth-order valence-corrected chi connectivity index (χ4v) is 0.693. The Balaban J connectivity index is -0.000000231. The summed E-state index contributed by atoms with van der Waals surface area (Å²) in [5.74, 6) is 0. The average molecular weight is 318 g/mol. The molecule has 0 rings (SSSR count). The highest BCUT2D eigenvalue weighted by Crippen LogP contribution is 1.69. The molecule has 0 amide bonds. The normalized spacial score (nSPS) is 9.43. The molecule has 0 radical (unpaired) electrons. The van der Waals surface area contributed by atoms with Crippen LogP contribution in [-0.4, -0.2) is 110 Å². The molecule has 21 heavy (non-hydrogen) atoms. The number of aliphatic hydroxyl groups is 6. The van der Waals surface area contributed by atoms with Crippen molar-refractivity contribution in [1.29, 1.82) is 0 Å². The van der Waals surface area contributed by atoms with Crippen molar-refractivity contribution in [2.45, 2.75) is 0 Å². The van der Waals surface area contributed by atoms with Gasteiger partial charge < -0.3 is 44.8 Å². The molecule has 0 atom stereocenters. The SMILES string of the molecule is OCCOCCO.OCCOCCO.OCCOCCO. The van der Waals surface area contributed by atoms with Gasteiger partial charge in [0, 0.05) is 0 Å². The number of rotatable bonds is 12. The van der Waals surface area contributed by atoms with E-state index in [0.717, 1.165) is 0 Å². The topological polar surface area (TPSA) is 149 Å². The van der Waals surface area contributed by atoms with E-state index in [9.17, 15) is 0 Å². The maximum absolute atomic E-state index is 8.09. The lowest BCUT2D eigenvalue weighted by atomic mass is 10.7. The predicted octanol–water partition coefficient (Wildman–Crippen LogP) is -3.04. The first-order valence-corrected chi connectivity index (χ1v) is 6.63. The van der Waals surface area contributed by atoms with Crippen LogP contribution < -0.4 is 0 Å². The summed E-state index contributed by atoms with van der Waals surface area (Å²) in [6.07, 6.45) is 0.